The number of rotatable bonds is 12. The molecule has 4 aliphatic rings. The van der Waals surface area contributed by atoms with E-state index in [1.165, 1.54) is 89.1 Å². The topological polar surface area (TPSA) is 151 Å². The Morgan fingerprint density at radius 2 is 0.615 bits per heavy atom. The van der Waals surface area contributed by atoms with E-state index in [2.05, 4.69) is 16.2 Å². The van der Waals surface area contributed by atoms with Gasteiger partial charge in [0.15, 0.2) is 0 Å². The van der Waals surface area contributed by atoms with Crippen LogP contribution in [0, 0.1) is 0 Å². The van der Waals surface area contributed by atoms with Crippen molar-refractivity contribution < 1.29 is 143 Å². The highest BCUT2D eigenvalue weighted by Gasteiger charge is 2.48. The molecule has 2 unspecified atom stereocenters. The van der Waals surface area contributed by atoms with E-state index in [-0.39, 0.29) is 171 Å². The molecule has 0 aliphatic carbocycles. The van der Waals surface area contributed by atoms with Gasteiger partial charge in [0, 0.05) is 22.3 Å². The molecule has 2 aromatic heterocycles. The summed E-state index contributed by atoms with van der Waals surface area (Å²) in [5.74, 6) is -10.9. The Hall–Kier alpha value is -12.2. The summed E-state index contributed by atoms with van der Waals surface area (Å²) >= 11 is 29.9. The number of halogens is 28. The molecule has 8 aromatic carbocycles. The maximum absolute atomic E-state index is 14.0. The molecule has 13 nitrogen and oxygen atoms in total. The zero-order chi connectivity index (χ0) is 88.7. The highest BCUT2D eigenvalue weighted by atomic mass is 35.5. The first kappa shape index (κ1) is 86.2. The first-order valence-electron chi connectivity index (χ1n) is 34.2. The first-order valence-corrected chi connectivity index (χ1v) is 35.7. The summed E-state index contributed by atoms with van der Waals surface area (Å²) in [4.78, 5) is 55.8. The number of allylic oxidation sites excluding steroid dienone is 2. The summed E-state index contributed by atoms with van der Waals surface area (Å²) in [5, 5.41) is 5.25. The Morgan fingerprint density at radius 1 is 0.336 bits per heavy atom. The summed E-state index contributed by atoms with van der Waals surface area (Å²) in [7, 11) is 0. The summed E-state index contributed by atoms with van der Waals surface area (Å²) < 4.78 is 360. The lowest BCUT2D eigenvalue weighted by Crippen LogP contribution is -2.49. The molecule has 6 heterocycles. The monoisotopic (exact) mass is 1810 g/mol. The van der Waals surface area contributed by atoms with Crippen molar-refractivity contribution in [1.29, 1.82) is 0 Å². The summed E-state index contributed by atoms with van der Waals surface area (Å²) in [6.45, 7) is 1.45. The van der Waals surface area contributed by atoms with Gasteiger partial charge in [0.2, 0.25) is 0 Å². The fourth-order valence-electron chi connectivity index (χ4n) is 13.6. The number of hydrogen-bond donors (Lipinski definition) is 3. The molecule has 14 rings (SSSR count). The van der Waals surface area contributed by atoms with Crippen LogP contribution in [-0.2, 0) is 49.4 Å². The summed E-state index contributed by atoms with van der Waals surface area (Å²) in [6.07, 6.45) is -43.2. The Bertz CT molecular complexity index is 6180. The molecule has 0 saturated carbocycles. The number of carbonyl (C=O) groups excluding carboxylic acids is 4. The SMILES string of the molecule is CC12N/C(=C(/c3ccc(C(=O)Oc4cc(C(F)(F)F)cc(C(F)(F)F)c4)cc3)c3ccc4n3Nn3c(cc/c3=C(\c3ccc(C(=O)Oc5cc(C(F)(F)F)cc(C(F)(F)F)c5)cc3)C3NC(=C4c4ccc(C(=O)Oc5cc(C(F)(F)F)cc(C(F)(F)F)c5)cc4)C(Cl)=C3Cl)=C1c1ccc(C(=O)Oc3cc(C(F)(F)F)cc(C(F)(F)F)c3)cc1)C(Cl)=C2Cl. The van der Waals surface area contributed by atoms with Gasteiger partial charge in [-0.3, -0.25) is 0 Å². The normalized spacial score (nSPS) is 17.5. The maximum Gasteiger partial charge on any atom is 0.416 e. The number of nitrogens with one attached hydrogen (secondary N) is 3. The molecule has 632 valence electrons. The minimum atomic E-state index is -5.40. The first-order chi connectivity index (χ1) is 56.6. The molecular weight excluding hydrogens is 1770 g/mol. The van der Waals surface area contributed by atoms with Gasteiger partial charge in [0.05, 0.1) is 126 Å². The fourth-order valence-corrected chi connectivity index (χ4v) is 14.7. The highest BCUT2D eigenvalue weighted by Crippen LogP contribution is 2.51. The minimum absolute atomic E-state index is 0.00347. The lowest BCUT2D eigenvalue weighted by atomic mass is 9.86. The van der Waals surface area contributed by atoms with Gasteiger partial charge in [-0.1, -0.05) is 94.9 Å². The second-order valence-electron chi connectivity index (χ2n) is 27.2. The highest BCUT2D eigenvalue weighted by molar-refractivity contribution is 6.44. The van der Waals surface area contributed by atoms with Gasteiger partial charge in [-0.2, -0.15) is 105 Å². The molecule has 0 radical (unpaired) electrons. The molecule has 10 aromatic rings. The van der Waals surface area contributed by atoms with Crippen molar-refractivity contribution in [3.05, 3.63) is 337 Å². The maximum atomic E-state index is 14.0. The van der Waals surface area contributed by atoms with E-state index in [0.717, 1.165) is 48.5 Å². The molecule has 3 N–H and O–H groups in total. The van der Waals surface area contributed by atoms with Crippen molar-refractivity contribution in [2.45, 2.75) is 67.9 Å². The van der Waals surface area contributed by atoms with Crippen LogP contribution < -0.4 is 45.8 Å². The van der Waals surface area contributed by atoms with Crippen LogP contribution in [0.15, 0.2) is 226 Å². The Balaban J connectivity index is 0.996. The van der Waals surface area contributed by atoms with Crippen LogP contribution in [0.5, 0.6) is 23.0 Å². The Labute approximate surface area is 686 Å². The van der Waals surface area contributed by atoms with E-state index < -0.39 is 175 Å². The zero-order valence-electron chi connectivity index (χ0n) is 59.8. The van der Waals surface area contributed by atoms with E-state index in [9.17, 15) is 125 Å². The largest absolute Gasteiger partial charge is 0.423 e. The smallest absolute Gasteiger partial charge is 0.416 e. The molecule has 6 bridgehead atoms. The van der Waals surface area contributed by atoms with Gasteiger partial charge < -0.3 is 29.6 Å². The molecule has 0 amide bonds. The van der Waals surface area contributed by atoms with Gasteiger partial charge in [0.25, 0.3) is 0 Å². The molecular formula is C81H39Cl4F24N5O8. The lowest BCUT2D eigenvalue weighted by Gasteiger charge is -2.33. The molecule has 0 spiro atoms. The van der Waals surface area contributed by atoms with Crippen LogP contribution in [0.4, 0.5) is 105 Å². The lowest BCUT2D eigenvalue weighted by molar-refractivity contribution is -0.144. The third kappa shape index (κ3) is 16.8. The number of benzene rings is 8. The van der Waals surface area contributed by atoms with Gasteiger partial charge in [0.1, 0.15) is 28.5 Å². The molecule has 122 heavy (non-hydrogen) atoms. The number of hydrogen-bond acceptors (Lipinski definition) is 11. The van der Waals surface area contributed by atoms with Crippen molar-refractivity contribution in [1.82, 2.24) is 20.0 Å². The number of carbonyl (C=O) groups is 4. The van der Waals surface area contributed by atoms with E-state index in [1.54, 1.807) is 0 Å². The third-order valence-corrected chi connectivity index (χ3v) is 21.2. The van der Waals surface area contributed by atoms with Crippen molar-refractivity contribution in [2.75, 3.05) is 5.53 Å². The number of fused-ring (bicyclic) bond motifs is 4. The number of esters is 4. The van der Waals surface area contributed by atoms with E-state index >= 15 is 0 Å². The summed E-state index contributed by atoms with van der Waals surface area (Å²) in [5.41, 5.74) is -16.3. The summed E-state index contributed by atoms with van der Waals surface area (Å²) in [6, 6.07) is 22.1. The second kappa shape index (κ2) is 30.4. The average molecular weight is 1810 g/mol. The fraction of sp³-hybridized carbons (Fsp3) is 0.136. The van der Waals surface area contributed by atoms with Gasteiger partial charge in [-0.05, 0) is 175 Å². The van der Waals surface area contributed by atoms with Crippen LogP contribution >= 0.6 is 46.4 Å². The molecule has 2 atom stereocenters. The molecule has 4 aliphatic heterocycles. The third-order valence-electron chi connectivity index (χ3n) is 19.2. The van der Waals surface area contributed by atoms with E-state index in [4.69, 9.17) is 65.4 Å². The quantitative estimate of drug-likeness (QED) is 0.0609. The van der Waals surface area contributed by atoms with Gasteiger partial charge >= 0.3 is 73.3 Å². The van der Waals surface area contributed by atoms with E-state index in [0.29, 0.717) is 0 Å². The molecule has 41 heteroatoms. The predicted octanol–water partition coefficient (Wildman–Crippen LogP) is 22.0. The van der Waals surface area contributed by atoms with Crippen LogP contribution in [0.3, 0.4) is 0 Å². The molecule has 0 fully saturated rings. The molecule has 0 saturated heterocycles. The van der Waals surface area contributed by atoms with Gasteiger partial charge in [-0.25, -0.2) is 34.1 Å². The van der Waals surface area contributed by atoms with Crippen LogP contribution in [0.2, 0.25) is 0 Å². The number of ether oxygens (including phenoxy) is 4. The Kier molecular flexibility index (Phi) is 21.5. The van der Waals surface area contributed by atoms with E-state index in [1.807, 2.05) is 0 Å². The van der Waals surface area contributed by atoms with Crippen molar-refractivity contribution in [3.63, 3.8) is 0 Å². The zero-order valence-corrected chi connectivity index (χ0v) is 62.8. The van der Waals surface area contributed by atoms with Gasteiger partial charge in [-0.15, -0.1) is 0 Å². The second-order valence-corrected chi connectivity index (χ2v) is 28.8. The van der Waals surface area contributed by atoms with Crippen molar-refractivity contribution in [3.8, 4) is 23.0 Å². The number of nitrogens with zero attached hydrogens (tertiary/aromatic N) is 2. The number of aromatic nitrogens is 2. The minimum Gasteiger partial charge on any atom is -0.423 e. The van der Waals surface area contributed by atoms with Crippen LogP contribution in [0.25, 0.3) is 22.3 Å². The predicted molar refractivity (Wildman–Crippen MR) is 387 cm³/mol. The van der Waals surface area contributed by atoms with Crippen LogP contribution in [-0.4, -0.2) is 44.8 Å². The number of alkyl halides is 24. The standard InChI is InChI=1S/C81H39Cl4F24N5O8/c1-73-61(37-8-16-41(17-9-37)72(118)122-53-32-48(80(104,105)106)25-49(33-53)81(107,108)109)57-21-20-55-59(35-4-12-39(13-5-35)70(116)120-51-28-44(76(92,93)94)23-45(29-51)77(95,96)97)66-63(83)62(82)65(110-66)58(34-2-10-38(11-3-34)69(115)119-50-26-42(74(86,87)88)22-43(27-50)75(89,90)91)54-18-19-56(113(54)112-114(55)57)60(67(111-73)64(84)68(73)85)36-6-14-40(15-7-36)71(117)121-52-30-46(78(98,99)100)24-47(31-52)79(101,102)103/h2-33,66,110-112H,1H3/b59-55-,61-57?,65-58?,67-60-. The Morgan fingerprint density at radius 3 is 0.918 bits per heavy atom. The van der Waals surface area contributed by atoms with Crippen molar-refractivity contribution >= 4 is 92.6 Å². The van der Waals surface area contributed by atoms with Crippen LogP contribution in [0.1, 0.15) is 127 Å². The average Bonchev–Trinajstić information content (AvgIpc) is 1.55. The van der Waals surface area contributed by atoms with Crippen molar-refractivity contribution in [2.24, 2.45) is 0 Å².